The van der Waals surface area contributed by atoms with E-state index in [2.05, 4.69) is 20.5 Å². The number of nitrogens with one attached hydrogen (secondary N) is 1. The van der Waals surface area contributed by atoms with Gasteiger partial charge in [-0.05, 0) is 68.9 Å². The summed E-state index contributed by atoms with van der Waals surface area (Å²) in [5.74, 6) is -0.447. The molecule has 1 saturated carbocycles. The van der Waals surface area contributed by atoms with Crippen molar-refractivity contribution in [3.05, 3.63) is 41.2 Å². The van der Waals surface area contributed by atoms with Crippen molar-refractivity contribution >= 4 is 40.2 Å². The van der Waals surface area contributed by atoms with Gasteiger partial charge in [-0.25, -0.2) is 4.98 Å². The average molecular weight is 508 g/mol. The lowest BCUT2D eigenvalue weighted by atomic mass is 9.81. The number of hydrogen-bond donors (Lipinski definition) is 1. The molecule has 0 atom stereocenters. The van der Waals surface area contributed by atoms with Crippen molar-refractivity contribution in [1.29, 1.82) is 0 Å². The molecule has 1 aliphatic heterocycles. The topological polar surface area (TPSA) is 84.2 Å². The molecule has 35 heavy (non-hydrogen) atoms. The van der Waals surface area contributed by atoms with E-state index in [9.17, 15) is 18.0 Å². The summed E-state index contributed by atoms with van der Waals surface area (Å²) in [4.78, 5) is 19.0. The lowest BCUT2D eigenvalue weighted by molar-refractivity contribution is -0.179. The molecule has 11 heteroatoms. The lowest BCUT2D eigenvalue weighted by Gasteiger charge is -2.31. The summed E-state index contributed by atoms with van der Waals surface area (Å²) in [6.07, 6.45) is -1.31. The number of rotatable bonds is 4. The molecule has 186 valence electrons. The van der Waals surface area contributed by atoms with Crippen molar-refractivity contribution in [2.75, 3.05) is 23.3 Å². The van der Waals surface area contributed by atoms with Crippen LogP contribution in [0.4, 0.5) is 25.0 Å². The SMILES string of the molecule is O=C(Nc1ccc2cc(Cl)ccc2n1)C1CCC(c2nnc(N3CCC(C(F)(F)F)CC3)o2)CC1. The minimum Gasteiger partial charge on any atom is -0.408 e. The number of halogens is 4. The van der Waals surface area contributed by atoms with E-state index < -0.39 is 12.1 Å². The fourth-order valence-electron chi connectivity index (χ4n) is 4.91. The van der Waals surface area contributed by atoms with Crippen molar-refractivity contribution in [2.24, 2.45) is 11.8 Å². The molecule has 2 aliphatic rings. The standard InChI is InChI=1S/C24H25ClF3N5O2/c25-18-6-7-19-16(13-18)5-8-20(29-19)30-21(34)14-1-3-15(4-2-14)22-31-32-23(35-22)33-11-9-17(10-12-33)24(26,27)28/h5-8,13-15,17H,1-4,9-12H2,(H,29,30,34). The normalized spacial score (nSPS) is 21.9. The summed E-state index contributed by atoms with van der Waals surface area (Å²) in [7, 11) is 0. The van der Waals surface area contributed by atoms with Crippen molar-refractivity contribution < 1.29 is 22.4 Å². The predicted octanol–water partition coefficient (Wildman–Crippen LogP) is 5.96. The Morgan fingerprint density at radius 2 is 1.77 bits per heavy atom. The third kappa shape index (κ3) is 5.37. The van der Waals surface area contributed by atoms with Gasteiger partial charge in [-0.1, -0.05) is 16.7 Å². The zero-order chi connectivity index (χ0) is 24.6. The van der Waals surface area contributed by atoms with Gasteiger partial charge in [0.25, 0.3) is 0 Å². The molecule has 7 nitrogen and oxygen atoms in total. The van der Waals surface area contributed by atoms with Crippen molar-refractivity contribution in [3.63, 3.8) is 0 Å². The quantitative estimate of drug-likeness (QED) is 0.469. The molecule has 5 rings (SSSR count). The number of benzene rings is 1. The number of piperidine rings is 1. The minimum atomic E-state index is -4.16. The smallest absolute Gasteiger partial charge is 0.391 e. The Kier molecular flexibility index (Phi) is 6.57. The van der Waals surface area contributed by atoms with Gasteiger partial charge in [-0.15, -0.1) is 5.10 Å². The van der Waals surface area contributed by atoms with Crippen molar-refractivity contribution in [3.8, 4) is 0 Å². The predicted molar refractivity (Wildman–Crippen MR) is 125 cm³/mol. The number of carbonyl (C=O) groups excluding carboxylic acids is 1. The first kappa shape index (κ1) is 23.8. The van der Waals surface area contributed by atoms with Gasteiger partial charge in [0.1, 0.15) is 5.82 Å². The number of carbonyl (C=O) groups is 1. The van der Waals surface area contributed by atoms with E-state index in [1.54, 1.807) is 17.0 Å². The molecule has 3 aromatic rings. The summed E-state index contributed by atoms with van der Waals surface area (Å²) in [6, 6.07) is 9.32. The molecule has 1 amide bonds. The average Bonchev–Trinajstić information content (AvgIpc) is 3.34. The Morgan fingerprint density at radius 3 is 2.49 bits per heavy atom. The Morgan fingerprint density at radius 1 is 1.03 bits per heavy atom. The van der Waals surface area contributed by atoms with Gasteiger partial charge in [0.2, 0.25) is 11.8 Å². The van der Waals surface area contributed by atoms with Gasteiger partial charge in [0.05, 0.1) is 11.4 Å². The van der Waals surface area contributed by atoms with E-state index in [-0.39, 0.29) is 49.7 Å². The number of anilines is 2. The molecule has 1 aliphatic carbocycles. The summed E-state index contributed by atoms with van der Waals surface area (Å²) in [6.45, 7) is 0.489. The first-order chi connectivity index (χ1) is 16.8. The van der Waals surface area contributed by atoms with Crippen LogP contribution in [0.15, 0.2) is 34.7 Å². The zero-order valence-electron chi connectivity index (χ0n) is 18.9. The van der Waals surface area contributed by atoms with Gasteiger partial charge < -0.3 is 14.6 Å². The first-order valence-electron chi connectivity index (χ1n) is 11.8. The molecule has 1 aromatic carbocycles. The fraction of sp³-hybridized carbons (Fsp3) is 0.500. The van der Waals surface area contributed by atoms with Crippen LogP contribution < -0.4 is 10.2 Å². The Labute approximate surface area is 205 Å². The summed E-state index contributed by atoms with van der Waals surface area (Å²) in [5.41, 5.74) is 0.755. The van der Waals surface area contributed by atoms with Crippen molar-refractivity contribution in [1.82, 2.24) is 15.2 Å². The van der Waals surface area contributed by atoms with Crippen LogP contribution in [0.2, 0.25) is 5.02 Å². The lowest BCUT2D eigenvalue weighted by Crippen LogP contribution is -2.39. The third-order valence-electron chi connectivity index (χ3n) is 7.01. The van der Waals surface area contributed by atoms with E-state index in [1.165, 1.54) is 0 Å². The molecule has 0 spiro atoms. The van der Waals surface area contributed by atoms with Gasteiger partial charge in [0, 0.05) is 35.3 Å². The number of fused-ring (bicyclic) bond motifs is 1. The molecular formula is C24H25ClF3N5O2. The summed E-state index contributed by atoms with van der Waals surface area (Å²) < 4.78 is 44.5. The largest absolute Gasteiger partial charge is 0.408 e. The van der Waals surface area contributed by atoms with Crippen LogP contribution in [0.3, 0.4) is 0 Å². The van der Waals surface area contributed by atoms with E-state index in [0.717, 1.165) is 23.7 Å². The van der Waals surface area contributed by atoms with Crippen molar-refractivity contribution in [2.45, 2.75) is 50.6 Å². The highest BCUT2D eigenvalue weighted by Gasteiger charge is 2.41. The van der Waals surface area contributed by atoms with Crippen LogP contribution in [0.25, 0.3) is 10.9 Å². The molecule has 3 heterocycles. The minimum absolute atomic E-state index is 0.0290. The van der Waals surface area contributed by atoms with Crippen LogP contribution in [0.1, 0.15) is 50.3 Å². The maximum absolute atomic E-state index is 12.9. The number of aromatic nitrogens is 3. The third-order valence-corrected chi connectivity index (χ3v) is 7.24. The maximum Gasteiger partial charge on any atom is 0.391 e. The molecule has 2 fully saturated rings. The Bertz CT molecular complexity index is 1200. The number of hydrogen-bond acceptors (Lipinski definition) is 6. The van der Waals surface area contributed by atoms with E-state index in [0.29, 0.717) is 29.6 Å². The second kappa shape index (κ2) is 9.64. The van der Waals surface area contributed by atoms with E-state index in [4.69, 9.17) is 16.0 Å². The van der Waals surface area contributed by atoms with E-state index in [1.807, 2.05) is 18.2 Å². The van der Waals surface area contributed by atoms with Crippen LogP contribution >= 0.6 is 11.6 Å². The second-order valence-corrected chi connectivity index (χ2v) is 9.73. The zero-order valence-corrected chi connectivity index (χ0v) is 19.6. The van der Waals surface area contributed by atoms with Gasteiger partial charge in [0.15, 0.2) is 0 Å². The highest BCUT2D eigenvalue weighted by molar-refractivity contribution is 6.31. The van der Waals surface area contributed by atoms with Gasteiger partial charge in [-0.3, -0.25) is 4.79 Å². The molecule has 0 unspecified atom stereocenters. The number of amides is 1. The summed E-state index contributed by atoms with van der Waals surface area (Å²) >= 11 is 6.01. The number of alkyl halides is 3. The monoisotopic (exact) mass is 507 g/mol. The van der Waals surface area contributed by atoms with Crippen LogP contribution in [0.5, 0.6) is 0 Å². The molecule has 2 aromatic heterocycles. The molecule has 1 N–H and O–H groups in total. The number of pyridine rings is 1. The maximum atomic E-state index is 12.9. The number of nitrogens with zero attached hydrogens (tertiary/aromatic N) is 4. The molecule has 0 radical (unpaired) electrons. The Balaban J connectivity index is 1.13. The van der Waals surface area contributed by atoms with Crippen LogP contribution in [-0.4, -0.2) is 40.4 Å². The van der Waals surface area contributed by atoms with E-state index >= 15 is 0 Å². The van der Waals surface area contributed by atoms with Crippen LogP contribution in [0, 0.1) is 11.8 Å². The fourth-order valence-corrected chi connectivity index (χ4v) is 5.09. The molecular weight excluding hydrogens is 483 g/mol. The van der Waals surface area contributed by atoms with Crippen LogP contribution in [-0.2, 0) is 4.79 Å². The summed E-state index contributed by atoms with van der Waals surface area (Å²) in [5, 5.41) is 12.7. The van der Waals surface area contributed by atoms with Gasteiger partial charge in [-0.2, -0.15) is 13.2 Å². The first-order valence-corrected chi connectivity index (χ1v) is 12.2. The highest BCUT2D eigenvalue weighted by atomic mass is 35.5. The van der Waals surface area contributed by atoms with Gasteiger partial charge >= 0.3 is 12.2 Å². The molecule has 0 bridgehead atoms. The molecule has 1 saturated heterocycles. The Hall–Kier alpha value is -2.88. The highest BCUT2D eigenvalue weighted by Crippen LogP contribution is 2.38. The second-order valence-electron chi connectivity index (χ2n) is 9.30.